The van der Waals surface area contributed by atoms with Crippen LogP contribution in [0.5, 0.6) is 5.75 Å². The second kappa shape index (κ2) is 6.78. The molecule has 0 N–H and O–H groups in total. The van der Waals surface area contributed by atoms with Gasteiger partial charge in [0.15, 0.2) is 0 Å². The molecule has 0 unspecified atom stereocenters. The molecule has 3 heteroatoms. The summed E-state index contributed by atoms with van der Waals surface area (Å²) in [6.45, 7) is 4.13. The Balaban J connectivity index is 1.99. The van der Waals surface area contributed by atoms with E-state index in [2.05, 4.69) is 35.0 Å². The molecule has 1 aromatic heterocycles. The summed E-state index contributed by atoms with van der Waals surface area (Å²) in [6, 6.07) is 14.2. The molecule has 0 aliphatic rings. The highest BCUT2D eigenvalue weighted by Crippen LogP contribution is 2.19. The normalized spacial score (nSPS) is 10.2. The van der Waals surface area contributed by atoms with Gasteiger partial charge in [-0.05, 0) is 43.3 Å². The van der Waals surface area contributed by atoms with Crippen LogP contribution in [0.25, 0.3) is 0 Å². The molecule has 0 saturated heterocycles. The Bertz CT molecular complexity index is 482. The number of hydrogen-bond acceptors (Lipinski definition) is 3. The van der Waals surface area contributed by atoms with Gasteiger partial charge in [0.25, 0.3) is 0 Å². The second-order valence-electron chi connectivity index (χ2n) is 4.35. The Labute approximate surface area is 114 Å². The van der Waals surface area contributed by atoms with Crippen LogP contribution >= 0.6 is 0 Å². The molecule has 1 aromatic carbocycles. The molecule has 0 fully saturated rings. The van der Waals surface area contributed by atoms with Gasteiger partial charge in [-0.25, -0.2) is 0 Å². The summed E-state index contributed by atoms with van der Waals surface area (Å²) >= 11 is 0. The van der Waals surface area contributed by atoms with Crippen molar-refractivity contribution in [1.29, 1.82) is 0 Å². The lowest BCUT2D eigenvalue weighted by Crippen LogP contribution is -2.25. The number of likely N-dealkylation sites (N-methyl/N-ethyl adjacent to an activating group) is 1. The minimum Gasteiger partial charge on any atom is -0.497 e. The van der Waals surface area contributed by atoms with Crippen LogP contribution < -0.4 is 9.64 Å². The van der Waals surface area contributed by atoms with Gasteiger partial charge >= 0.3 is 0 Å². The molecule has 0 amide bonds. The minimum atomic E-state index is 0.893. The van der Waals surface area contributed by atoms with E-state index in [0.29, 0.717) is 0 Å². The van der Waals surface area contributed by atoms with E-state index in [1.54, 1.807) is 7.11 Å². The summed E-state index contributed by atoms with van der Waals surface area (Å²) in [5.74, 6) is 0.893. The second-order valence-corrected chi connectivity index (χ2v) is 4.35. The Hall–Kier alpha value is -2.03. The predicted octanol–water partition coefficient (Wildman–Crippen LogP) is 3.16. The number of aromatic nitrogens is 1. The Morgan fingerprint density at radius 2 is 1.89 bits per heavy atom. The quantitative estimate of drug-likeness (QED) is 0.794. The van der Waals surface area contributed by atoms with Gasteiger partial charge in [0.05, 0.1) is 7.11 Å². The van der Waals surface area contributed by atoms with E-state index < -0.39 is 0 Å². The number of nitrogens with zero attached hydrogens (tertiary/aromatic N) is 2. The Kier molecular flexibility index (Phi) is 4.78. The zero-order valence-corrected chi connectivity index (χ0v) is 11.5. The van der Waals surface area contributed by atoms with E-state index in [-0.39, 0.29) is 0 Å². The average molecular weight is 256 g/mol. The summed E-state index contributed by atoms with van der Waals surface area (Å²) in [5, 5.41) is 0. The smallest absolute Gasteiger partial charge is 0.119 e. The van der Waals surface area contributed by atoms with Crippen molar-refractivity contribution in [1.82, 2.24) is 4.98 Å². The number of anilines is 1. The maximum atomic E-state index is 5.18. The third-order valence-corrected chi connectivity index (χ3v) is 3.18. The number of ether oxygens (including phenoxy) is 1. The van der Waals surface area contributed by atoms with Gasteiger partial charge in [-0.3, -0.25) is 4.98 Å². The van der Waals surface area contributed by atoms with Gasteiger partial charge in [-0.2, -0.15) is 0 Å². The third-order valence-electron chi connectivity index (χ3n) is 3.18. The number of pyridine rings is 1. The van der Waals surface area contributed by atoms with Gasteiger partial charge in [0, 0.05) is 37.1 Å². The lowest BCUT2D eigenvalue weighted by Gasteiger charge is -2.23. The minimum absolute atomic E-state index is 0.893. The molecule has 19 heavy (non-hydrogen) atoms. The monoisotopic (exact) mass is 256 g/mol. The first-order chi connectivity index (χ1) is 9.33. The van der Waals surface area contributed by atoms with Crippen molar-refractivity contribution in [2.24, 2.45) is 0 Å². The number of hydrogen-bond donors (Lipinski definition) is 0. The molecule has 100 valence electrons. The van der Waals surface area contributed by atoms with E-state index in [1.807, 2.05) is 30.5 Å². The topological polar surface area (TPSA) is 25.4 Å². The van der Waals surface area contributed by atoms with E-state index >= 15 is 0 Å². The van der Waals surface area contributed by atoms with Gasteiger partial charge in [0.1, 0.15) is 5.75 Å². The Morgan fingerprint density at radius 3 is 2.47 bits per heavy atom. The van der Waals surface area contributed by atoms with E-state index in [9.17, 15) is 0 Å². The molecule has 0 saturated carbocycles. The first kappa shape index (κ1) is 13.4. The molecule has 3 nitrogen and oxygen atoms in total. The number of rotatable bonds is 6. The van der Waals surface area contributed by atoms with Crippen molar-refractivity contribution in [2.75, 3.05) is 25.1 Å². The summed E-state index contributed by atoms with van der Waals surface area (Å²) in [7, 11) is 1.69. The van der Waals surface area contributed by atoms with Crippen LogP contribution in [0.4, 0.5) is 5.69 Å². The first-order valence-electron chi connectivity index (χ1n) is 6.62. The van der Waals surface area contributed by atoms with Crippen molar-refractivity contribution in [3.05, 3.63) is 54.4 Å². The molecule has 0 aliphatic heterocycles. The predicted molar refractivity (Wildman–Crippen MR) is 78.8 cm³/mol. The van der Waals surface area contributed by atoms with Crippen molar-refractivity contribution in [3.8, 4) is 5.75 Å². The van der Waals surface area contributed by atoms with Crippen LogP contribution in [-0.2, 0) is 6.42 Å². The maximum absolute atomic E-state index is 5.18. The number of benzene rings is 1. The van der Waals surface area contributed by atoms with Gasteiger partial charge in [0.2, 0.25) is 0 Å². The van der Waals surface area contributed by atoms with Crippen molar-refractivity contribution < 1.29 is 4.74 Å². The summed E-state index contributed by atoms with van der Waals surface area (Å²) in [6.07, 6.45) is 2.81. The zero-order chi connectivity index (χ0) is 13.5. The van der Waals surface area contributed by atoms with Crippen LogP contribution in [0.3, 0.4) is 0 Å². The molecular weight excluding hydrogens is 236 g/mol. The van der Waals surface area contributed by atoms with Gasteiger partial charge in [-0.15, -0.1) is 0 Å². The molecule has 0 atom stereocenters. The molecule has 0 spiro atoms. The highest BCUT2D eigenvalue weighted by atomic mass is 16.5. The largest absolute Gasteiger partial charge is 0.497 e. The standard InChI is InChI=1S/C16H20N2O/c1-3-18(13-11-14-6-4-5-12-17-14)15-7-9-16(19-2)10-8-15/h4-10,12H,3,11,13H2,1-2H3. The third kappa shape index (κ3) is 3.71. The van der Waals surface area contributed by atoms with Crippen LogP contribution in [0, 0.1) is 0 Å². The fourth-order valence-corrected chi connectivity index (χ4v) is 2.06. The van der Waals surface area contributed by atoms with Crippen molar-refractivity contribution in [2.45, 2.75) is 13.3 Å². The fraction of sp³-hybridized carbons (Fsp3) is 0.312. The zero-order valence-electron chi connectivity index (χ0n) is 11.5. The summed E-state index contributed by atoms with van der Waals surface area (Å²) in [4.78, 5) is 6.70. The van der Waals surface area contributed by atoms with Crippen LogP contribution in [0.15, 0.2) is 48.7 Å². The van der Waals surface area contributed by atoms with Crippen LogP contribution in [-0.4, -0.2) is 25.2 Å². The molecule has 2 aromatic rings. The number of methoxy groups -OCH3 is 1. The van der Waals surface area contributed by atoms with Gasteiger partial charge in [-0.1, -0.05) is 6.07 Å². The molecule has 0 bridgehead atoms. The van der Waals surface area contributed by atoms with Crippen molar-refractivity contribution in [3.63, 3.8) is 0 Å². The van der Waals surface area contributed by atoms with E-state index in [4.69, 9.17) is 4.74 Å². The lowest BCUT2D eigenvalue weighted by molar-refractivity contribution is 0.415. The molecule has 0 radical (unpaired) electrons. The fourth-order valence-electron chi connectivity index (χ4n) is 2.06. The molecule has 2 rings (SSSR count). The Morgan fingerprint density at radius 1 is 1.11 bits per heavy atom. The van der Waals surface area contributed by atoms with E-state index in [0.717, 1.165) is 31.0 Å². The molecule has 1 heterocycles. The van der Waals surface area contributed by atoms with Gasteiger partial charge < -0.3 is 9.64 Å². The van der Waals surface area contributed by atoms with Crippen molar-refractivity contribution >= 4 is 5.69 Å². The van der Waals surface area contributed by atoms with Crippen LogP contribution in [0.2, 0.25) is 0 Å². The van der Waals surface area contributed by atoms with Crippen LogP contribution in [0.1, 0.15) is 12.6 Å². The highest BCUT2D eigenvalue weighted by Gasteiger charge is 2.05. The first-order valence-corrected chi connectivity index (χ1v) is 6.62. The highest BCUT2D eigenvalue weighted by molar-refractivity contribution is 5.49. The molecular formula is C16H20N2O. The average Bonchev–Trinajstić information content (AvgIpc) is 2.49. The lowest BCUT2D eigenvalue weighted by atomic mass is 10.2. The van der Waals surface area contributed by atoms with E-state index in [1.165, 1.54) is 5.69 Å². The molecule has 0 aliphatic carbocycles. The summed E-state index contributed by atoms with van der Waals surface area (Å²) in [5.41, 5.74) is 2.36. The summed E-state index contributed by atoms with van der Waals surface area (Å²) < 4.78 is 5.18. The SMILES string of the molecule is CCN(CCc1ccccn1)c1ccc(OC)cc1. The maximum Gasteiger partial charge on any atom is 0.119 e.